The fraction of sp³-hybridized carbons (Fsp3) is 0.250. The second-order valence-corrected chi connectivity index (χ2v) is 6.93. The largest absolute Gasteiger partial charge is 0.353 e. The normalized spacial score (nSPS) is 15.4. The summed E-state index contributed by atoms with van der Waals surface area (Å²) in [6.07, 6.45) is 7.33. The van der Waals surface area contributed by atoms with Gasteiger partial charge in [-0.15, -0.1) is 5.10 Å². The minimum absolute atomic E-state index is 0.270. The third-order valence-corrected chi connectivity index (χ3v) is 5.08. The molecule has 28 heavy (non-hydrogen) atoms. The van der Waals surface area contributed by atoms with Gasteiger partial charge in [0.1, 0.15) is 17.3 Å². The van der Waals surface area contributed by atoms with Crippen molar-refractivity contribution in [1.29, 1.82) is 0 Å². The Hall–Kier alpha value is -3.26. The molecule has 8 heteroatoms. The van der Waals surface area contributed by atoms with Crippen molar-refractivity contribution in [2.75, 3.05) is 31.1 Å². The monoisotopic (exact) mass is 377 g/mol. The van der Waals surface area contributed by atoms with E-state index in [1.54, 1.807) is 27.5 Å². The van der Waals surface area contributed by atoms with Gasteiger partial charge < -0.3 is 4.90 Å². The third kappa shape index (κ3) is 3.22. The maximum Gasteiger partial charge on any atom is 0.153 e. The van der Waals surface area contributed by atoms with Crippen LogP contribution >= 0.6 is 0 Å². The molecule has 1 fully saturated rings. The van der Waals surface area contributed by atoms with Gasteiger partial charge >= 0.3 is 0 Å². The Morgan fingerprint density at radius 1 is 1.00 bits per heavy atom. The lowest BCUT2D eigenvalue weighted by molar-refractivity contribution is 0.249. The topological polar surface area (TPSA) is 54.5 Å². The molecule has 1 aliphatic rings. The number of fused-ring (bicyclic) bond motifs is 1. The van der Waals surface area contributed by atoms with Gasteiger partial charge in [0.15, 0.2) is 5.65 Å². The van der Waals surface area contributed by atoms with E-state index in [0.29, 0.717) is 5.69 Å². The van der Waals surface area contributed by atoms with Gasteiger partial charge in [-0.1, -0.05) is 12.1 Å². The van der Waals surface area contributed by atoms with Crippen LogP contribution in [0.5, 0.6) is 0 Å². The SMILES string of the molecule is Fc1ccccc1-n1cc(CN2CCN(c3ccc4nccn4n3)CC2)cn1. The van der Waals surface area contributed by atoms with Crippen LogP contribution in [0.1, 0.15) is 5.56 Å². The molecule has 3 aromatic heterocycles. The first-order valence-electron chi connectivity index (χ1n) is 9.32. The van der Waals surface area contributed by atoms with Crippen LogP contribution in [0, 0.1) is 5.82 Å². The number of benzene rings is 1. The number of imidazole rings is 1. The third-order valence-electron chi connectivity index (χ3n) is 5.08. The van der Waals surface area contributed by atoms with E-state index in [1.165, 1.54) is 6.07 Å². The number of piperazine rings is 1. The van der Waals surface area contributed by atoms with E-state index < -0.39 is 0 Å². The first-order chi connectivity index (χ1) is 13.8. The average Bonchev–Trinajstić information content (AvgIpc) is 3.38. The van der Waals surface area contributed by atoms with Crippen LogP contribution in [-0.2, 0) is 6.54 Å². The molecule has 142 valence electrons. The van der Waals surface area contributed by atoms with E-state index in [4.69, 9.17) is 0 Å². The Kier molecular flexibility index (Phi) is 4.25. The number of hydrogen-bond donors (Lipinski definition) is 0. The molecule has 4 heterocycles. The summed E-state index contributed by atoms with van der Waals surface area (Å²) < 4.78 is 17.3. The second kappa shape index (κ2) is 7.05. The molecule has 1 aliphatic heterocycles. The summed E-state index contributed by atoms with van der Waals surface area (Å²) in [5.74, 6) is 0.700. The number of hydrogen-bond acceptors (Lipinski definition) is 5. The van der Waals surface area contributed by atoms with Crippen LogP contribution < -0.4 is 4.90 Å². The van der Waals surface area contributed by atoms with E-state index in [-0.39, 0.29) is 5.82 Å². The van der Waals surface area contributed by atoms with Crippen molar-refractivity contribution in [1.82, 2.24) is 29.3 Å². The smallest absolute Gasteiger partial charge is 0.153 e. The maximum atomic E-state index is 13.9. The number of nitrogens with zero attached hydrogens (tertiary/aromatic N) is 7. The maximum absolute atomic E-state index is 13.9. The van der Waals surface area contributed by atoms with Gasteiger partial charge in [0.25, 0.3) is 0 Å². The summed E-state index contributed by atoms with van der Waals surface area (Å²) >= 11 is 0. The predicted molar refractivity (Wildman–Crippen MR) is 104 cm³/mol. The summed E-state index contributed by atoms with van der Waals surface area (Å²) in [6.45, 7) is 4.50. The molecular formula is C20H20FN7. The molecule has 0 N–H and O–H groups in total. The highest BCUT2D eigenvalue weighted by Gasteiger charge is 2.19. The van der Waals surface area contributed by atoms with E-state index in [2.05, 4.69) is 25.0 Å². The summed E-state index contributed by atoms with van der Waals surface area (Å²) in [5.41, 5.74) is 2.41. The molecule has 0 spiro atoms. The van der Waals surface area contributed by atoms with Crippen molar-refractivity contribution in [3.63, 3.8) is 0 Å². The summed E-state index contributed by atoms with van der Waals surface area (Å²) in [7, 11) is 0. The molecule has 5 rings (SSSR count). The van der Waals surface area contributed by atoms with Gasteiger partial charge in [-0.2, -0.15) is 5.10 Å². The quantitative estimate of drug-likeness (QED) is 0.547. The van der Waals surface area contributed by atoms with Gasteiger partial charge in [-0.3, -0.25) is 4.90 Å². The van der Waals surface area contributed by atoms with Gasteiger partial charge in [0, 0.05) is 56.9 Å². The lowest BCUT2D eigenvalue weighted by atomic mass is 10.2. The van der Waals surface area contributed by atoms with Crippen LogP contribution in [0.15, 0.2) is 61.2 Å². The number of para-hydroxylation sites is 1. The summed E-state index contributed by atoms with van der Waals surface area (Å²) in [6, 6.07) is 10.7. The van der Waals surface area contributed by atoms with Crippen LogP contribution in [0.3, 0.4) is 0 Å². The fourth-order valence-electron chi connectivity index (χ4n) is 3.58. The fourth-order valence-corrected chi connectivity index (χ4v) is 3.58. The molecule has 1 saturated heterocycles. The van der Waals surface area contributed by atoms with Crippen molar-refractivity contribution in [2.24, 2.45) is 0 Å². The zero-order valence-corrected chi connectivity index (χ0v) is 15.3. The lowest BCUT2D eigenvalue weighted by Crippen LogP contribution is -2.46. The standard InChI is InChI=1S/C20H20FN7/c21-17-3-1-2-4-18(17)28-15-16(13-23-28)14-25-9-11-26(12-10-25)20-6-5-19-22-7-8-27(19)24-20/h1-8,13,15H,9-12,14H2. The number of aromatic nitrogens is 5. The van der Waals surface area contributed by atoms with Crippen LogP contribution in [0.2, 0.25) is 0 Å². The highest BCUT2D eigenvalue weighted by molar-refractivity contribution is 5.46. The minimum Gasteiger partial charge on any atom is -0.353 e. The molecular weight excluding hydrogens is 357 g/mol. The van der Waals surface area contributed by atoms with Gasteiger partial charge in [-0.05, 0) is 24.3 Å². The van der Waals surface area contributed by atoms with Crippen molar-refractivity contribution in [3.8, 4) is 5.69 Å². The zero-order valence-electron chi connectivity index (χ0n) is 15.3. The number of halogens is 1. The molecule has 1 aromatic carbocycles. The first kappa shape index (κ1) is 16.9. The second-order valence-electron chi connectivity index (χ2n) is 6.93. The number of anilines is 1. The first-order valence-corrected chi connectivity index (χ1v) is 9.32. The molecule has 0 amide bonds. The molecule has 7 nitrogen and oxygen atoms in total. The molecule has 0 aliphatic carbocycles. The minimum atomic E-state index is -0.270. The molecule has 0 unspecified atom stereocenters. The Morgan fingerprint density at radius 3 is 2.71 bits per heavy atom. The van der Waals surface area contributed by atoms with Crippen LogP contribution in [0.4, 0.5) is 10.2 Å². The van der Waals surface area contributed by atoms with Gasteiger partial charge in [0.05, 0.1) is 6.20 Å². The van der Waals surface area contributed by atoms with Crippen LogP contribution in [0.25, 0.3) is 11.3 Å². The highest BCUT2D eigenvalue weighted by atomic mass is 19.1. The van der Waals surface area contributed by atoms with E-state index in [0.717, 1.165) is 49.8 Å². The van der Waals surface area contributed by atoms with Crippen molar-refractivity contribution < 1.29 is 4.39 Å². The van der Waals surface area contributed by atoms with Crippen molar-refractivity contribution in [2.45, 2.75) is 6.54 Å². The Labute approximate surface area is 161 Å². The molecule has 4 aromatic rings. The molecule has 0 atom stereocenters. The Balaban J connectivity index is 1.22. The van der Waals surface area contributed by atoms with Crippen LogP contribution in [-0.4, -0.2) is 55.5 Å². The predicted octanol–water partition coefficient (Wildman–Crippen LogP) is 2.38. The Bertz CT molecular complexity index is 1090. The summed E-state index contributed by atoms with van der Waals surface area (Å²) in [4.78, 5) is 8.91. The lowest BCUT2D eigenvalue weighted by Gasteiger charge is -2.35. The highest BCUT2D eigenvalue weighted by Crippen LogP contribution is 2.17. The molecule has 0 bridgehead atoms. The van der Waals surface area contributed by atoms with E-state index >= 15 is 0 Å². The van der Waals surface area contributed by atoms with Gasteiger partial charge in [-0.25, -0.2) is 18.6 Å². The number of rotatable bonds is 4. The average molecular weight is 377 g/mol. The van der Waals surface area contributed by atoms with Crippen molar-refractivity contribution in [3.05, 3.63) is 72.6 Å². The van der Waals surface area contributed by atoms with E-state index in [9.17, 15) is 4.39 Å². The molecule has 0 saturated carbocycles. The zero-order chi connectivity index (χ0) is 18.9. The van der Waals surface area contributed by atoms with E-state index in [1.807, 2.05) is 36.8 Å². The Morgan fingerprint density at radius 2 is 1.86 bits per heavy atom. The summed E-state index contributed by atoms with van der Waals surface area (Å²) in [5, 5.41) is 8.95. The van der Waals surface area contributed by atoms with Gasteiger partial charge in [0.2, 0.25) is 0 Å². The molecule has 0 radical (unpaired) electrons. The van der Waals surface area contributed by atoms with Crippen molar-refractivity contribution >= 4 is 11.5 Å².